The molecule has 0 unspecified atom stereocenters. The predicted molar refractivity (Wildman–Crippen MR) is 171 cm³/mol. The molecule has 0 saturated heterocycles. The molecule has 0 heterocycles. The van der Waals surface area contributed by atoms with Crippen molar-refractivity contribution in [3.63, 3.8) is 0 Å². The minimum atomic E-state index is -0.542. The third kappa shape index (κ3) is 5.46. The molecule has 0 saturated carbocycles. The van der Waals surface area contributed by atoms with Crippen molar-refractivity contribution in [3.05, 3.63) is 167 Å². The van der Waals surface area contributed by atoms with Crippen molar-refractivity contribution in [3.8, 4) is 11.1 Å². The summed E-state index contributed by atoms with van der Waals surface area (Å²) < 4.78 is 5.25. The summed E-state index contributed by atoms with van der Waals surface area (Å²) in [6, 6.07) is 47.2. The Kier molecular flexibility index (Phi) is 8.40. The lowest BCUT2D eigenvalue weighted by Gasteiger charge is -2.36. The van der Waals surface area contributed by atoms with Crippen LogP contribution >= 0.6 is 11.8 Å². The van der Waals surface area contributed by atoms with Crippen LogP contribution in [0.25, 0.3) is 11.1 Å². The van der Waals surface area contributed by atoms with Crippen molar-refractivity contribution in [2.75, 3.05) is 19.0 Å². The molecule has 1 aliphatic rings. The van der Waals surface area contributed by atoms with E-state index in [9.17, 15) is 9.90 Å². The minimum Gasteiger partial charge on any atom is -0.449 e. The number of benzene rings is 5. The monoisotopic (exact) mass is 571 g/mol. The zero-order valence-electron chi connectivity index (χ0n) is 23.2. The van der Waals surface area contributed by atoms with Gasteiger partial charge in [-0.05, 0) is 38.9 Å². The van der Waals surface area contributed by atoms with Gasteiger partial charge in [0, 0.05) is 11.7 Å². The number of thioether (sulfide) groups is 1. The van der Waals surface area contributed by atoms with Crippen LogP contribution in [0, 0.1) is 0 Å². The van der Waals surface area contributed by atoms with Crippen molar-refractivity contribution < 1.29 is 14.6 Å². The Hall–Kier alpha value is -4.32. The molecule has 1 aliphatic carbocycles. The summed E-state index contributed by atoms with van der Waals surface area (Å²) in [6.07, 6.45) is -0.527. The number of fused-ring (bicyclic) bond motifs is 3. The van der Waals surface area contributed by atoms with E-state index in [0.29, 0.717) is 5.75 Å². The average Bonchev–Trinajstić information content (AvgIpc) is 3.38. The van der Waals surface area contributed by atoms with E-state index in [0.717, 1.165) is 16.7 Å². The molecule has 6 rings (SSSR count). The van der Waals surface area contributed by atoms with Crippen LogP contribution in [0.5, 0.6) is 0 Å². The Bertz CT molecular complexity index is 1480. The highest BCUT2D eigenvalue weighted by Crippen LogP contribution is 2.49. The van der Waals surface area contributed by atoms with Crippen molar-refractivity contribution in [1.82, 2.24) is 5.32 Å². The van der Waals surface area contributed by atoms with E-state index < -0.39 is 16.9 Å². The van der Waals surface area contributed by atoms with Crippen LogP contribution in [0.4, 0.5) is 4.79 Å². The molecule has 42 heavy (non-hydrogen) atoms. The van der Waals surface area contributed by atoms with E-state index in [1.807, 2.05) is 42.5 Å². The van der Waals surface area contributed by atoms with E-state index >= 15 is 0 Å². The third-order valence-corrected chi connectivity index (χ3v) is 9.64. The fourth-order valence-corrected chi connectivity index (χ4v) is 7.49. The lowest BCUT2D eigenvalue weighted by atomic mass is 9.84. The quantitative estimate of drug-likeness (QED) is 0.169. The summed E-state index contributed by atoms with van der Waals surface area (Å²) in [4.78, 5) is 13.1. The lowest BCUT2D eigenvalue weighted by Crippen LogP contribution is -2.41. The molecule has 210 valence electrons. The third-order valence-electron chi connectivity index (χ3n) is 7.93. The van der Waals surface area contributed by atoms with Crippen LogP contribution in [0.2, 0.25) is 0 Å². The molecule has 4 nitrogen and oxygen atoms in total. The van der Waals surface area contributed by atoms with Crippen LogP contribution in [-0.2, 0) is 9.48 Å². The molecule has 5 heteroatoms. The number of hydrogen-bond acceptors (Lipinski definition) is 4. The molecular formula is C37H33NO3S. The molecule has 0 fully saturated rings. The lowest BCUT2D eigenvalue weighted by molar-refractivity contribution is 0.134. The molecule has 0 bridgehead atoms. The van der Waals surface area contributed by atoms with Gasteiger partial charge in [0.05, 0.1) is 17.4 Å². The summed E-state index contributed by atoms with van der Waals surface area (Å²) >= 11 is 1.70. The van der Waals surface area contributed by atoms with Crippen LogP contribution in [-0.4, -0.2) is 36.2 Å². The Morgan fingerprint density at radius 1 is 0.690 bits per heavy atom. The van der Waals surface area contributed by atoms with E-state index in [2.05, 4.69) is 102 Å². The van der Waals surface area contributed by atoms with Gasteiger partial charge in [-0.2, -0.15) is 0 Å². The van der Waals surface area contributed by atoms with Crippen LogP contribution < -0.4 is 5.32 Å². The SMILES string of the molecule is O=C(N[C@@H](CO)CSC(c1ccccc1)(c1ccccc1)c1ccccc1)OCC1c2ccccc2-c2ccccc21. The van der Waals surface area contributed by atoms with Gasteiger partial charge in [-0.3, -0.25) is 0 Å². The van der Waals surface area contributed by atoms with Gasteiger partial charge in [0.2, 0.25) is 0 Å². The number of rotatable bonds is 10. The highest BCUT2D eigenvalue weighted by atomic mass is 32.2. The minimum absolute atomic E-state index is 0.0213. The van der Waals surface area contributed by atoms with E-state index in [4.69, 9.17) is 4.74 Å². The normalized spacial score (nSPS) is 13.2. The topological polar surface area (TPSA) is 58.6 Å². The summed E-state index contributed by atoms with van der Waals surface area (Å²) in [7, 11) is 0. The molecule has 0 spiro atoms. The Labute approximate surface area is 251 Å². The molecule has 1 amide bonds. The van der Waals surface area contributed by atoms with E-state index in [1.54, 1.807) is 11.8 Å². The highest BCUT2D eigenvalue weighted by molar-refractivity contribution is 8.00. The Morgan fingerprint density at radius 3 is 1.57 bits per heavy atom. The van der Waals surface area contributed by atoms with Gasteiger partial charge in [-0.25, -0.2) is 4.79 Å². The number of ether oxygens (including phenoxy) is 1. The summed E-state index contributed by atoms with van der Waals surface area (Å²) in [5, 5.41) is 13.3. The Morgan fingerprint density at radius 2 is 1.12 bits per heavy atom. The maximum Gasteiger partial charge on any atom is 0.407 e. The second-order valence-corrected chi connectivity index (χ2v) is 11.7. The van der Waals surface area contributed by atoms with Crippen molar-refractivity contribution in [1.29, 1.82) is 0 Å². The summed E-state index contributed by atoms with van der Waals surface area (Å²) in [6.45, 7) is 0.0266. The van der Waals surface area contributed by atoms with Crippen molar-refractivity contribution >= 4 is 17.9 Å². The molecule has 0 radical (unpaired) electrons. The van der Waals surface area contributed by atoms with Gasteiger partial charge in [-0.15, -0.1) is 11.8 Å². The first-order chi connectivity index (χ1) is 20.7. The average molecular weight is 572 g/mol. The summed E-state index contributed by atoms with van der Waals surface area (Å²) in [5.41, 5.74) is 8.09. The Balaban J connectivity index is 1.20. The maximum atomic E-state index is 13.1. The smallest absolute Gasteiger partial charge is 0.407 e. The number of carbonyl (C=O) groups excluding carboxylic acids is 1. The van der Waals surface area contributed by atoms with E-state index in [1.165, 1.54) is 22.3 Å². The van der Waals surface area contributed by atoms with Gasteiger partial charge < -0.3 is 15.2 Å². The number of nitrogens with one attached hydrogen (secondary N) is 1. The predicted octanol–water partition coefficient (Wildman–Crippen LogP) is 7.61. The second kappa shape index (κ2) is 12.7. The van der Waals surface area contributed by atoms with Gasteiger partial charge in [0.1, 0.15) is 6.61 Å². The van der Waals surface area contributed by atoms with Gasteiger partial charge in [-0.1, -0.05) is 140 Å². The zero-order chi connectivity index (χ0) is 28.8. The highest BCUT2D eigenvalue weighted by Gasteiger charge is 2.38. The molecule has 0 aliphatic heterocycles. The van der Waals surface area contributed by atoms with Gasteiger partial charge in [0.25, 0.3) is 0 Å². The molecular weight excluding hydrogens is 538 g/mol. The van der Waals surface area contributed by atoms with Crippen LogP contribution in [0.1, 0.15) is 33.7 Å². The number of hydrogen-bond donors (Lipinski definition) is 2. The standard InChI is InChI=1S/C37H33NO3S/c39-24-30(38-36(40)41-25-35-33-22-12-10-20-31(33)32-21-11-13-23-34(32)35)26-42-37(27-14-4-1-5-15-27,28-16-6-2-7-17-28)29-18-8-3-9-19-29/h1-23,30,35,39H,24-26H2,(H,38,40)/t30-/m0/s1. The fraction of sp³-hybridized carbons (Fsp3) is 0.162. The van der Waals surface area contributed by atoms with E-state index in [-0.39, 0.29) is 19.1 Å². The first-order valence-corrected chi connectivity index (χ1v) is 15.2. The summed E-state index contributed by atoms with van der Waals surface area (Å²) in [5.74, 6) is 0.450. The number of aliphatic hydroxyl groups is 1. The fourth-order valence-electron chi connectivity index (χ4n) is 5.94. The second-order valence-electron chi connectivity index (χ2n) is 10.4. The number of carbonyl (C=O) groups is 1. The van der Waals surface area contributed by atoms with Gasteiger partial charge >= 0.3 is 6.09 Å². The molecule has 5 aromatic rings. The van der Waals surface area contributed by atoms with Crippen LogP contribution in [0.15, 0.2) is 140 Å². The van der Waals surface area contributed by atoms with Crippen LogP contribution in [0.3, 0.4) is 0 Å². The first-order valence-electron chi connectivity index (χ1n) is 14.2. The number of amides is 1. The maximum absolute atomic E-state index is 13.1. The molecule has 0 aromatic heterocycles. The number of aliphatic hydroxyl groups excluding tert-OH is 1. The van der Waals surface area contributed by atoms with Crippen molar-refractivity contribution in [2.24, 2.45) is 0 Å². The molecule has 2 N–H and O–H groups in total. The van der Waals surface area contributed by atoms with Gasteiger partial charge in [0.15, 0.2) is 0 Å². The molecule has 5 aromatic carbocycles. The number of alkyl carbamates (subject to hydrolysis) is 1. The zero-order valence-corrected chi connectivity index (χ0v) is 24.0. The van der Waals surface area contributed by atoms with Crippen molar-refractivity contribution in [2.45, 2.75) is 16.7 Å². The largest absolute Gasteiger partial charge is 0.449 e. The molecule has 1 atom stereocenters. The first kappa shape index (κ1) is 27.8.